The summed E-state index contributed by atoms with van der Waals surface area (Å²) >= 11 is 0. The second kappa shape index (κ2) is 7.15. The van der Waals surface area contributed by atoms with Gasteiger partial charge in [0.2, 0.25) is 5.91 Å². The Morgan fingerprint density at radius 2 is 1.78 bits per heavy atom. The third-order valence-electron chi connectivity index (χ3n) is 3.68. The highest BCUT2D eigenvalue weighted by Crippen LogP contribution is 2.23. The van der Waals surface area contributed by atoms with Crippen LogP contribution in [0, 0.1) is 6.92 Å². The number of amides is 1. The lowest BCUT2D eigenvalue weighted by molar-refractivity contribution is -0.125. The van der Waals surface area contributed by atoms with E-state index in [1.54, 1.807) is 6.07 Å². The average Bonchev–Trinajstić information content (AvgIpc) is 2.48. The number of phenolic OH excluding ortho intramolecular Hbond substituents is 2. The monoisotopic (exact) mass is 314 g/mol. The van der Waals surface area contributed by atoms with Gasteiger partial charge in [0.1, 0.15) is 17.5 Å². The molecule has 0 heterocycles. The van der Waals surface area contributed by atoms with E-state index in [4.69, 9.17) is 0 Å². The van der Waals surface area contributed by atoms with Crippen molar-refractivity contribution in [3.63, 3.8) is 0 Å². The fourth-order valence-electron chi connectivity index (χ4n) is 2.41. The number of rotatable bonds is 5. The minimum absolute atomic E-state index is 0.0107. The van der Waals surface area contributed by atoms with Crippen LogP contribution >= 0.6 is 0 Å². The Morgan fingerprint density at radius 3 is 2.35 bits per heavy atom. The van der Waals surface area contributed by atoms with E-state index in [0.29, 0.717) is 5.56 Å². The molecule has 0 unspecified atom stereocenters. The summed E-state index contributed by atoms with van der Waals surface area (Å²) in [6.07, 6.45) is 0. The fourth-order valence-corrected chi connectivity index (χ4v) is 2.41. The van der Waals surface area contributed by atoms with E-state index in [-0.39, 0.29) is 24.0 Å². The minimum atomic E-state index is -0.408. The molecule has 3 N–H and O–H groups in total. The minimum Gasteiger partial charge on any atom is -0.508 e. The van der Waals surface area contributed by atoms with Crippen LogP contribution in [0.3, 0.4) is 0 Å². The van der Waals surface area contributed by atoms with Gasteiger partial charge in [0, 0.05) is 18.2 Å². The van der Waals surface area contributed by atoms with E-state index in [0.717, 1.165) is 11.1 Å². The molecule has 23 heavy (non-hydrogen) atoms. The Bertz CT molecular complexity index is 681. The number of phenols is 2. The average molecular weight is 314 g/mol. The van der Waals surface area contributed by atoms with Gasteiger partial charge in [-0.1, -0.05) is 29.8 Å². The van der Waals surface area contributed by atoms with Crippen LogP contribution in [0.2, 0.25) is 0 Å². The molecule has 0 aromatic heterocycles. The summed E-state index contributed by atoms with van der Waals surface area (Å²) in [6, 6.07) is 11.7. The van der Waals surface area contributed by atoms with Crippen LogP contribution in [0.5, 0.6) is 11.5 Å². The number of nitrogens with zero attached hydrogens (tertiary/aromatic N) is 1. The molecule has 0 spiro atoms. The first-order chi connectivity index (χ1) is 10.9. The number of carbonyl (C=O) groups is 1. The fraction of sp³-hybridized carbons (Fsp3) is 0.278. The van der Waals surface area contributed by atoms with E-state index in [1.165, 1.54) is 12.1 Å². The van der Waals surface area contributed by atoms with E-state index in [1.807, 2.05) is 50.2 Å². The molecular formula is C18H22N2O3. The quantitative estimate of drug-likeness (QED) is 0.792. The molecule has 0 saturated carbocycles. The molecule has 2 rings (SSSR count). The van der Waals surface area contributed by atoms with Crippen molar-refractivity contribution in [2.24, 2.45) is 0 Å². The Balaban J connectivity index is 2.11. The van der Waals surface area contributed by atoms with Gasteiger partial charge in [-0.3, -0.25) is 9.69 Å². The van der Waals surface area contributed by atoms with Gasteiger partial charge in [-0.2, -0.15) is 0 Å². The molecule has 122 valence electrons. The molecule has 0 aliphatic carbocycles. The second-order valence-corrected chi connectivity index (χ2v) is 5.81. The van der Waals surface area contributed by atoms with Crippen LogP contribution in [0.25, 0.3) is 0 Å². The van der Waals surface area contributed by atoms with Crippen LogP contribution in [-0.4, -0.2) is 35.1 Å². The van der Waals surface area contributed by atoms with E-state index >= 15 is 0 Å². The summed E-state index contributed by atoms with van der Waals surface area (Å²) in [4.78, 5) is 14.4. The maximum absolute atomic E-state index is 12.5. The van der Waals surface area contributed by atoms with Crippen molar-refractivity contribution in [2.45, 2.75) is 19.5 Å². The van der Waals surface area contributed by atoms with Gasteiger partial charge in [0.05, 0.1) is 0 Å². The lowest BCUT2D eigenvalue weighted by atomic mass is 10.0. The molecule has 0 radical (unpaired) electrons. The smallest absolute Gasteiger partial charge is 0.242 e. The zero-order valence-corrected chi connectivity index (χ0v) is 13.6. The topological polar surface area (TPSA) is 72.8 Å². The van der Waals surface area contributed by atoms with Crippen LogP contribution < -0.4 is 5.32 Å². The van der Waals surface area contributed by atoms with Crippen LogP contribution in [-0.2, 0) is 11.3 Å². The van der Waals surface area contributed by atoms with Gasteiger partial charge < -0.3 is 15.5 Å². The molecule has 0 aliphatic rings. The number of nitrogens with one attached hydrogen (secondary N) is 1. The number of aromatic hydroxyl groups is 2. The maximum Gasteiger partial charge on any atom is 0.242 e. The SMILES string of the molecule is Cc1ccc([C@H](C(=O)NCc2ccc(O)cc2O)N(C)C)cc1. The van der Waals surface area contributed by atoms with Crippen molar-refractivity contribution < 1.29 is 15.0 Å². The lowest BCUT2D eigenvalue weighted by Gasteiger charge is -2.24. The third kappa shape index (κ3) is 4.23. The zero-order valence-electron chi connectivity index (χ0n) is 13.6. The predicted octanol–water partition coefficient (Wildman–Crippen LogP) is 2.33. The Hall–Kier alpha value is -2.53. The molecule has 0 fully saturated rings. The van der Waals surface area contributed by atoms with Crippen molar-refractivity contribution >= 4 is 5.91 Å². The van der Waals surface area contributed by atoms with Gasteiger partial charge >= 0.3 is 0 Å². The van der Waals surface area contributed by atoms with E-state index in [2.05, 4.69) is 5.32 Å². The summed E-state index contributed by atoms with van der Waals surface area (Å²) in [5.74, 6) is -0.197. The number of hydrogen-bond donors (Lipinski definition) is 3. The Labute approximate surface area is 136 Å². The highest BCUT2D eigenvalue weighted by molar-refractivity contribution is 5.83. The number of aryl methyl sites for hydroxylation is 1. The van der Waals surface area contributed by atoms with Gasteiger partial charge in [0.15, 0.2) is 0 Å². The van der Waals surface area contributed by atoms with Crippen molar-refractivity contribution in [2.75, 3.05) is 14.1 Å². The molecule has 1 amide bonds. The zero-order chi connectivity index (χ0) is 17.0. The number of carbonyl (C=O) groups excluding carboxylic acids is 1. The van der Waals surface area contributed by atoms with Gasteiger partial charge in [-0.15, -0.1) is 0 Å². The molecule has 5 heteroatoms. The number of likely N-dealkylation sites (N-methyl/N-ethyl adjacent to an activating group) is 1. The first kappa shape index (κ1) is 16.8. The maximum atomic E-state index is 12.5. The molecule has 0 bridgehead atoms. The van der Waals surface area contributed by atoms with Crippen molar-refractivity contribution in [3.05, 3.63) is 59.2 Å². The van der Waals surface area contributed by atoms with Crippen LogP contribution in [0.15, 0.2) is 42.5 Å². The second-order valence-electron chi connectivity index (χ2n) is 5.81. The highest BCUT2D eigenvalue weighted by atomic mass is 16.3. The molecule has 5 nitrogen and oxygen atoms in total. The molecule has 1 atom stereocenters. The molecule has 0 saturated heterocycles. The summed E-state index contributed by atoms with van der Waals surface area (Å²) in [6.45, 7) is 2.20. The predicted molar refractivity (Wildman–Crippen MR) is 89.2 cm³/mol. The highest BCUT2D eigenvalue weighted by Gasteiger charge is 2.22. The largest absolute Gasteiger partial charge is 0.508 e. The number of benzene rings is 2. The normalized spacial score (nSPS) is 12.2. The van der Waals surface area contributed by atoms with E-state index in [9.17, 15) is 15.0 Å². The van der Waals surface area contributed by atoms with E-state index < -0.39 is 6.04 Å². The van der Waals surface area contributed by atoms with Gasteiger partial charge in [0.25, 0.3) is 0 Å². The summed E-state index contributed by atoms with van der Waals surface area (Å²) in [5.41, 5.74) is 2.60. The Kier molecular flexibility index (Phi) is 5.24. The number of hydrogen-bond acceptors (Lipinski definition) is 4. The van der Waals surface area contributed by atoms with Gasteiger partial charge in [-0.05, 0) is 38.7 Å². The van der Waals surface area contributed by atoms with Crippen molar-refractivity contribution in [3.8, 4) is 11.5 Å². The molecule has 2 aromatic carbocycles. The molecular weight excluding hydrogens is 292 g/mol. The third-order valence-corrected chi connectivity index (χ3v) is 3.68. The standard InChI is InChI=1S/C18H22N2O3/c1-12-4-6-13(7-5-12)17(20(2)3)18(23)19-11-14-8-9-15(21)10-16(14)22/h4-10,17,21-22H,11H2,1-3H3,(H,19,23)/t17-/m1/s1. The van der Waals surface area contributed by atoms with Gasteiger partial charge in [-0.25, -0.2) is 0 Å². The molecule has 2 aromatic rings. The summed E-state index contributed by atoms with van der Waals surface area (Å²) in [7, 11) is 3.70. The summed E-state index contributed by atoms with van der Waals surface area (Å²) < 4.78 is 0. The summed E-state index contributed by atoms with van der Waals surface area (Å²) in [5, 5.41) is 21.9. The van der Waals surface area contributed by atoms with Crippen LogP contribution in [0.4, 0.5) is 0 Å². The van der Waals surface area contributed by atoms with Crippen LogP contribution in [0.1, 0.15) is 22.7 Å². The Morgan fingerprint density at radius 1 is 1.13 bits per heavy atom. The van der Waals surface area contributed by atoms with Crippen molar-refractivity contribution in [1.29, 1.82) is 0 Å². The molecule has 0 aliphatic heterocycles. The lowest BCUT2D eigenvalue weighted by Crippen LogP contribution is -2.36. The first-order valence-corrected chi connectivity index (χ1v) is 7.40. The first-order valence-electron chi connectivity index (χ1n) is 7.40. The van der Waals surface area contributed by atoms with Crippen molar-refractivity contribution in [1.82, 2.24) is 10.2 Å².